The quantitative estimate of drug-likeness (QED) is 0.630. The molecule has 0 unspecified atom stereocenters. The normalized spacial score (nSPS) is 10.9. The lowest BCUT2D eigenvalue weighted by Crippen LogP contribution is -2.33. The van der Waals surface area contributed by atoms with E-state index in [0.29, 0.717) is 25.3 Å². The van der Waals surface area contributed by atoms with Crippen molar-refractivity contribution in [3.8, 4) is 5.75 Å². The largest absolute Gasteiger partial charge is 0.494 e. The highest BCUT2D eigenvalue weighted by Crippen LogP contribution is 2.22. The van der Waals surface area contributed by atoms with E-state index in [0.717, 1.165) is 12.0 Å². The standard InChI is InChI=1S/C17H25F3N2O2.ClH/c1-22(2)16(23)13-21-10-8-14-6-5-7-15(12-14)24-11-4-3-9-17(18,19)20;/h5-7,12,21H,3-4,8-11,13H2,1-2H3;1H. The molecule has 0 spiro atoms. The Bertz CT molecular complexity index is 511. The summed E-state index contributed by atoms with van der Waals surface area (Å²) in [5.74, 6) is 0.676. The third kappa shape index (κ3) is 11.7. The molecule has 0 heterocycles. The van der Waals surface area contributed by atoms with E-state index >= 15 is 0 Å². The molecule has 8 heteroatoms. The van der Waals surface area contributed by atoms with Crippen LogP contribution in [0.2, 0.25) is 0 Å². The highest BCUT2D eigenvalue weighted by atomic mass is 35.5. The van der Waals surface area contributed by atoms with Gasteiger partial charge in [-0.3, -0.25) is 4.79 Å². The molecule has 1 rings (SSSR count). The fourth-order valence-electron chi connectivity index (χ4n) is 1.99. The van der Waals surface area contributed by atoms with Crippen LogP contribution in [0.4, 0.5) is 13.2 Å². The minimum Gasteiger partial charge on any atom is -0.494 e. The predicted molar refractivity (Wildman–Crippen MR) is 94.4 cm³/mol. The SMILES string of the molecule is CN(C)C(=O)CNCCc1cccc(OCCCCC(F)(F)F)c1.Cl. The fraction of sp³-hybridized carbons (Fsp3) is 0.588. The first-order valence-electron chi connectivity index (χ1n) is 7.97. The molecule has 0 fully saturated rings. The van der Waals surface area contributed by atoms with Crippen molar-refractivity contribution >= 4 is 18.3 Å². The van der Waals surface area contributed by atoms with Crippen LogP contribution in [0.15, 0.2) is 24.3 Å². The molecule has 0 bridgehead atoms. The Morgan fingerprint density at radius 1 is 1.24 bits per heavy atom. The molecular formula is C17H26ClF3N2O2. The second kappa shape index (κ2) is 12.0. The lowest BCUT2D eigenvalue weighted by atomic mass is 10.1. The minimum atomic E-state index is -4.10. The van der Waals surface area contributed by atoms with Crippen LogP contribution in [0, 0.1) is 0 Å². The number of nitrogens with zero attached hydrogens (tertiary/aromatic N) is 1. The van der Waals surface area contributed by atoms with E-state index in [9.17, 15) is 18.0 Å². The van der Waals surface area contributed by atoms with Gasteiger partial charge in [0.15, 0.2) is 0 Å². The number of alkyl halides is 3. The summed E-state index contributed by atoms with van der Waals surface area (Å²) in [7, 11) is 3.42. The number of hydrogen-bond donors (Lipinski definition) is 1. The summed E-state index contributed by atoms with van der Waals surface area (Å²) in [6.45, 7) is 1.23. The molecule has 0 saturated heterocycles. The monoisotopic (exact) mass is 382 g/mol. The maximum Gasteiger partial charge on any atom is 0.389 e. The van der Waals surface area contributed by atoms with Crippen LogP contribution in [0.1, 0.15) is 24.8 Å². The number of amides is 1. The first-order chi connectivity index (χ1) is 11.3. The van der Waals surface area contributed by atoms with Gasteiger partial charge in [-0.1, -0.05) is 12.1 Å². The first-order valence-corrected chi connectivity index (χ1v) is 7.97. The average Bonchev–Trinajstić information content (AvgIpc) is 2.50. The van der Waals surface area contributed by atoms with E-state index in [4.69, 9.17) is 4.74 Å². The summed E-state index contributed by atoms with van der Waals surface area (Å²) >= 11 is 0. The first kappa shape index (κ1) is 23.5. The average molecular weight is 383 g/mol. The number of carbonyl (C=O) groups excluding carboxylic acids is 1. The minimum absolute atomic E-state index is 0. The maximum atomic E-state index is 12.0. The Morgan fingerprint density at radius 3 is 2.60 bits per heavy atom. The summed E-state index contributed by atoms with van der Waals surface area (Å²) in [6, 6.07) is 7.47. The third-order valence-electron chi connectivity index (χ3n) is 3.39. The van der Waals surface area contributed by atoms with Crippen molar-refractivity contribution in [2.75, 3.05) is 33.8 Å². The molecule has 0 aliphatic heterocycles. The fourth-order valence-corrected chi connectivity index (χ4v) is 1.99. The van der Waals surface area contributed by atoms with E-state index in [2.05, 4.69) is 5.32 Å². The Kier molecular flexibility index (Phi) is 11.3. The van der Waals surface area contributed by atoms with E-state index in [1.54, 1.807) is 20.2 Å². The van der Waals surface area contributed by atoms with E-state index in [1.165, 1.54) is 4.90 Å². The van der Waals surface area contributed by atoms with E-state index in [1.807, 2.05) is 18.2 Å². The van der Waals surface area contributed by atoms with Gasteiger partial charge in [-0.05, 0) is 43.5 Å². The lowest BCUT2D eigenvalue weighted by Gasteiger charge is -2.11. The van der Waals surface area contributed by atoms with Gasteiger partial charge in [0.1, 0.15) is 5.75 Å². The molecular weight excluding hydrogens is 357 g/mol. The van der Waals surface area contributed by atoms with Gasteiger partial charge in [-0.15, -0.1) is 12.4 Å². The number of halogens is 4. The molecule has 1 N–H and O–H groups in total. The van der Waals surface area contributed by atoms with Crippen molar-refractivity contribution in [2.24, 2.45) is 0 Å². The van der Waals surface area contributed by atoms with E-state index in [-0.39, 0.29) is 31.3 Å². The van der Waals surface area contributed by atoms with Gasteiger partial charge in [0.25, 0.3) is 0 Å². The molecule has 4 nitrogen and oxygen atoms in total. The van der Waals surface area contributed by atoms with Crippen LogP contribution >= 0.6 is 12.4 Å². The van der Waals surface area contributed by atoms with Gasteiger partial charge >= 0.3 is 6.18 Å². The molecule has 0 saturated carbocycles. The highest BCUT2D eigenvalue weighted by Gasteiger charge is 2.25. The van der Waals surface area contributed by atoms with Crippen molar-refractivity contribution in [3.05, 3.63) is 29.8 Å². The zero-order valence-corrected chi connectivity index (χ0v) is 15.4. The second-order valence-corrected chi connectivity index (χ2v) is 5.78. The summed E-state index contributed by atoms with van der Waals surface area (Å²) < 4.78 is 41.6. The van der Waals surface area contributed by atoms with Gasteiger partial charge < -0.3 is 15.0 Å². The van der Waals surface area contributed by atoms with Crippen molar-refractivity contribution in [1.29, 1.82) is 0 Å². The molecule has 1 amide bonds. The molecule has 25 heavy (non-hydrogen) atoms. The van der Waals surface area contributed by atoms with Crippen LogP contribution in [0.5, 0.6) is 5.75 Å². The molecule has 1 aromatic rings. The van der Waals surface area contributed by atoms with Crippen molar-refractivity contribution < 1.29 is 22.7 Å². The van der Waals surface area contributed by atoms with Crippen molar-refractivity contribution in [2.45, 2.75) is 31.9 Å². The van der Waals surface area contributed by atoms with Crippen molar-refractivity contribution in [3.63, 3.8) is 0 Å². The molecule has 1 aromatic carbocycles. The summed E-state index contributed by atoms with van der Waals surface area (Å²) in [4.78, 5) is 12.9. The third-order valence-corrected chi connectivity index (χ3v) is 3.39. The molecule has 0 aliphatic carbocycles. The summed E-state index contributed by atoms with van der Waals surface area (Å²) in [5.41, 5.74) is 1.05. The number of nitrogens with one attached hydrogen (secondary N) is 1. The highest BCUT2D eigenvalue weighted by molar-refractivity contribution is 5.85. The Morgan fingerprint density at radius 2 is 1.96 bits per heavy atom. The topological polar surface area (TPSA) is 41.6 Å². The van der Waals surface area contributed by atoms with Crippen LogP contribution in [-0.2, 0) is 11.2 Å². The van der Waals surface area contributed by atoms with Gasteiger partial charge in [0.05, 0.1) is 13.2 Å². The number of hydrogen-bond acceptors (Lipinski definition) is 3. The zero-order chi connectivity index (χ0) is 18.0. The van der Waals surface area contributed by atoms with Gasteiger partial charge in [0.2, 0.25) is 5.91 Å². The van der Waals surface area contributed by atoms with Gasteiger partial charge in [-0.25, -0.2) is 0 Å². The predicted octanol–water partition coefficient (Wildman–Crippen LogP) is 3.44. The number of benzene rings is 1. The van der Waals surface area contributed by atoms with Crippen LogP contribution < -0.4 is 10.1 Å². The van der Waals surface area contributed by atoms with E-state index < -0.39 is 12.6 Å². The summed E-state index contributed by atoms with van der Waals surface area (Å²) in [5, 5.41) is 3.07. The van der Waals surface area contributed by atoms with Crippen LogP contribution in [-0.4, -0.2) is 50.8 Å². The maximum absolute atomic E-state index is 12.0. The Hall–Kier alpha value is -1.47. The number of unbranched alkanes of at least 4 members (excludes halogenated alkanes) is 1. The van der Waals surface area contributed by atoms with Gasteiger partial charge in [0, 0.05) is 20.5 Å². The molecule has 0 aromatic heterocycles. The number of ether oxygens (including phenoxy) is 1. The number of rotatable bonds is 10. The number of carbonyl (C=O) groups is 1. The van der Waals surface area contributed by atoms with Crippen LogP contribution in [0.25, 0.3) is 0 Å². The molecule has 144 valence electrons. The Balaban J connectivity index is 0.00000576. The van der Waals surface area contributed by atoms with Crippen LogP contribution in [0.3, 0.4) is 0 Å². The van der Waals surface area contributed by atoms with Crippen molar-refractivity contribution in [1.82, 2.24) is 10.2 Å². The second-order valence-electron chi connectivity index (χ2n) is 5.78. The number of likely N-dealkylation sites (N-methyl/N-ethyl adjacent to an activating group) is 1. The molecule has 0 aliphatic rings. The Labute approximate surface area is 153 Å². The smallest absolute Gasteiger partial charge is 0.389 e. The lowest BCUT2D eigenvalue weighted by molar-refractivity contribution is -0.135. The molecule has 0 atom stereocenters. The summed E-state index contributed by atoms with van der Waals surface area (Å²) in [6.07, 6.45) is -3.68. The zero-order valence-electron chi connectivity index (χ0n) is 14.6. The molecule has 0 radical (unpaired) electrons. The van der Waals surface area contributed by atoms with Gasteiger partial charge in [-0.2, -0.15) is 13.2 Å².